The van der Waals surface area contributed by atoms with E-state index in [9.17, 15) is 13.2 Å². The van der Waals surface area contributed by atoms with Crippen LogP contribution in [0, 0.1) is 5.92 Å². The van der Waals surface area contributed by atoms with E-state index in [1.807, 2.05) is 0 Å². The maximum atomic E-state index is 13.3. The van der Waals surface area contributed by atoms with Gasteiger partial charge in [0, 0.05) is 32.2 Å². The van der Waals surface area contributed by atoms with Gasteiger partial charge in [0.2, 0.25) is 0 Å². The van der Waals surface area contributed by atoms with E-state index in [0.717, 1.165) is 45.4 Å². The van der Waals surface area contributed by atoms with Crippen molar-refractivity contribution in [1.82, 2.24) is 10.2 Å². The molecule has 1 aliphatic heterocycles. The molecule has 3 rings (SSSR count). The van der Waals surface area contributed by atoms with Crippen LogP contribution in [0.2, 0.25) is 0 Å². The van der Waals surface area contributed by atoms with Crippen LogP contribution < -0.4 is 5.32 Å². The second-order valence-corrected chi connectivity index (χ2v) is 6.01. The SMILES string of the molecule is Cl.FC(F)(F)c1ccccc1[C@@H](C1CCC1)N1CCNCC1. The monoisotopic (exact) mass is 334 g/mol. The van der Waals surface area contributed by atoms with Crippen molar-refractivity contribution in [3.63, 3.8) is 0 Å². The van der Waals surface area contributed by atoms with Crippen LogP contribution in [0.3, 0.4) is 0 Å². The van der Waals surface area contributed by atoms with E-state index >= 15 is 0 Å². The van der Waals surface area contributed by atoms with Crippen LogP contribution in [0.5, 0.6) is 0 Å². The second kappa shape index (κ2) is 7.20. The van der Waals surface area contributed by atoms with Crippen LogP contribution in [0.15, 0.2) is 24.3 Å². The smallest absolute Gasteiger partial charge is 0.314 e. The molecule has 1 saturated heterocycles. The Morgan fingerprint density at radius 2 is 1.73 bits per heavy atom. The summed E-state index contributed by atoms with van der Waals surface area (Å²) in [5, 5.41) is 3.28. The van der Waals surface area contributed by atoms with E-state index in [2.05, 4.69) is 10.2 Å². The first kappa shape index (κ1) is 17.6. The molecule has 6 heteroatoms. The highest BCUT2D eigenvalue weighted by atomic mass is 35.5. The molecule has 0 spiro atoms. The fraction of sp³-hybridized carbons (Fsp3) is 0.625. The molecule has 1 aromatic carbocycles. The summed E-state index contributed by atoms with van der Waals surface area (Å²) in [4.78, 5) is 2.24. The van der Waals surface area contributed by atoms with Gasteiger partial charge in [0.25, 0.3) is 0 Å². The fourth-order valence-corrected chi connectivity index (χ4v) is 3.48. The third kappa shape index (κ3) is 3.58. The predicted octanol–water partition coefficient (Wildman–Crippen LogP) is 3.87. The number of hydrogen-bond acceptors (Lipinski definition) is 2. The van der Waals surface area contributed by atoms with Gasteiger partial charge in [0.05, 0.1) is 5.56 Å². The van der Waals surface area contributed by atoms with E-state index < -0.39 is 11.7 Å². The second-order valence-electron chi connectivity index (χ2n) is 6.01. The first-order valence-corrected chi connectivity index (χ1v) is 7.68. The third-order valence-electron chi connectivity index (χ3n) is 4.73. The lowest BCUT2D eigenvalue weighted by Crippen LogP contribution is -2.48. The quantitative estimate of drug-likeness (QED) is 0.902. The molecule has 0 unspecified atom stereocenters. The molecule has 2 nitrogen and oxygen atoms in total. The van der Waals surface area contributed by atoms with E-state index in [1.165, 1.54) is 12.1 Å². The molecule has 1 aromatic rings. The summed E-state index contributed by atoms with van der Waals surface area (Å²) < 4.78 is 40.0. The van der Waals surface area contributed by atoms with Crippen molar-refractivity contribution in [3.05, 3.63) is 35.4 Å². The van der Waals surface area contributed by atoms with Gasteiger partial charge in [-0.1, -0.05) is 24.6 Å². The topological polar surface area (TPSA) is 15.3 Å². The first-order chi connectivity index (χ1) is 10.1. The Labute approximate surface area is 135 Å². The van der Waals surface area contributed by atoms with Gasteiger partial charge in [-0.05, 0) is 30.4 Å². The van der Waals surface area contributed by atoms with E-state index in [1.54, 1.807) is 12.1 Å². The Balaban J connectivity index is 0.00000176. The minimum atomic E-state index is -4.27. The van der Waals surface area contributed by atoms with Crippen molar-refractivity contribution >= 4 is 12.4 Å². The van der Waals surface area contributed by atoms with Gasteiger partial charge >= 0.3 is 6.18 Å². The molecule has 1 atom stereocenters. The Kier molecular flexibility index (Phi) is 5.75. The van der Waals surface area contributed by atoms with E-state index in [0.29, 0.717) is 11.5 Å². The Bertz CT molecular complexity index is 483. The number of nitrogens with zero attached hydrogens (tertiary/aromatic N) is 1. The predicted molar refractivity (Wildman–Crippen MR) is 83.2 cm³/mol. The standard InChI is InChI=1S/C16H21F3N2.ClH/c17-16(18,19)14-7-2-1-6-13(14)15(12-4-3-5-12)21-10-8-20-9-11-21;/h1-2,6-7,12,15,20H,3-5,8-11H2;1H/t15-;/m1./s1. The highest BCUT2D eigenvalue weighted by Gasteiger charge is 2.40. The number of alkyl halides is 3. The molecule has 1 saturated carbocycles. The van der Waals surface area contributed by atoms with E-state index in [-0.39, 0.29) is 18.4 Å². The molecule has 2 fully saturated rings. The normalized spacial score (nSPS) is 21.8. The Morgan fingerprint density at radius 1 is 1.09 bits per heavy atom. The van der Waals surface area contributed by atoms with Crippen LogP contribution in [0.25, 0.3) is 0 Å². The lowest BCUT2D eigenvalue weighted by molar-refractivity contribution is -0.139. The van der Waals surface area contributed by atoms with Crippen molar-refractivity contribution in [2.45, 2.75) is 31.5 Å². The molecule has 1 heterocycles. The lowest BCUT2D eigenvalue weighted by Gasteiger charge is -2.44. The van der Waals surface area contributed by atoms with Crippen LogP contribution >= 0.6 is 12.4 Å². The number of nitrogens with one attached hydrogen (secondary N) is 1. The average Bonchev–Trinajstić information content (AvgIpc) is 2.43. The molecule has 0 amide bonds. The fourth-order valence-electron chi connectivity index (χ4n) is 3.48. The van der Waals surface area contributed by atoms with Crippen molar-refractivity contribution < 1.29 is 13.2 Å². The highest BCUT2D eigenvalue weighted by molar-refractivity contribution is 5.85. The van der Waals surface area contributed by atoms with Gasteiger partial charge in [-0.15, -0.1) is 12.4 Å². The molecule has 1 aliphatic carbocycles. The lowest BCUT2D eigenvalue weighted by atomic mass is 9.75. The van der Waals surface area contributed by atoms with Gasteiger partial charge in [-0.25, -0.2) is 0 Å². The van der Waals surface area contributed by atoms with E-state index in [4.69, 9.17) is 0 Å². The number of benzene rings is 1. The highest BCUT2D eigenvalue weighted by Crippen LogP contribution is 2.45. The summed E-state index contributed by atoms with van der Waals surface area (Å²) in [6, 6.07) is 6.04. The summed E-state index contributed by atoms with van der Waals surface area (Å²) in [6.07, 6.45) is -1.05. The van der Waals surface area contributed by atoms with Crippen molar-refractivity contribution in [2.75, 3.05) is 26.2 Å². The van der Waals surface area contributed by atoms with Gasteiger partial charge in [0.15, 0.2) is 0 Å². The number of hydrogen-bond donors (Lipinski definition) is 1. The zero-order valence-corrected chi connectivity index (χ0v) is 13.2. The third-order valence-corrected chi connectivity index (χ3v) is 4.73. The van der Waals surface area contributed by atoms with Gasteiger partial charge in [0.1, 0.15) is 0 Å². The minimum absolute atomic E-state index is 0. The maximum absolute atomic E-state index is 13.3. The summed E-state index contributed by atoms with van der Waals surface area (Å²) in [5.41, 5.74) is 0.0111. The van der Waals surface area contributed by atoms with Crippen LogP contribution in [0.4, 0.5) is 13.2 Å². The zero-order valence-electron chi connectivity index (χ0n) is 12.4. The van der Waals surface area contributed by atoms with Crippen molar-refractivity contribution in [3.8, 4) is 0 Å². The average molecular weight is 335 g/mol. The summed E-state index contributed by atoms with van der Waals surface area (Å²) in [7, 11) is 0. The number of halogens is 4. The number of piperazine rings is 1. The van der Waals surface area contributed by atoms with Crippen molar-refractivity contribution in [2.24, 2.45) is 5.92 Å². The Morgan fingerprint density at radius 3 is 2.27 bits per heavy atom. The van der Waals surface area contributed by atoms with Crippen LogP contribution in [-0.4, -0.2) is 31.1 Å². The van der Waals surface area contributed by atoms with Crippen molar-refractivity contribution in [1.29, 1.82) is 0 Å². The maximum Gasteiger partial charge on any atom is 0.416 e. The molecular formula is C16H22ClF3N2. The van der Waals surface area contributed by atoms with Gasteiger partial charge in [-0.3, -0.25) is 4.90 Å². The Hall–Kier alpha value is -0.780. The first-order valence-electron chi connectivity index (χ1n) is 7.68. The molecule has 0 bridgehead atoms. The largest absolute Gasteiger partial charge is 0.416 e. The van der Waals surface area contributed by atoms with Crippen LogP contribution in [-0.2, 0) is 6.18 Å². The summed E-state index contributed by atoms with van der Waals surface area (Å²) >= 11 is 0. The van der Waals surface area contributed by atoms with Gasteiger partial charge < -0.3 is 5.32 Å². The molecule has 22 heavy (non-hydrogen) atoms. The molecule has 124 valence electrons. The molecule has 0 aromatic heterocycles. The van der Waals surface area contributed by atoms with Crippen LogP contribution in [0.1, 0.15) is 36.4 Å². The molecule has 0 radical (unpaired) electrons. The van der Waals surface area contributed by atoms with Gasteiger partial charge in [-0.2, -0.15) is 13.2 Å². The molecule has 1 N–H and O–H groups in total. The summed E-state index contributed by atoms with van der Waals surface area (Å²) in [6.45, 7) is 3.37. The molecule has 2 aliphatic rings. The summed E-state index contributed by atoms with van der Waals surface area (Å²) in [5.74, 6) is 0.367. The minimum Gasteiger partial charge on any atom is -0.314 e. The zero-order chi connectivity index (χ0) is 14.9. The molecular weight excluding hydrogens is 313 g/mol. The number of rotatable bonds is 3.